The molecular formula is C12H14BrN3S. The molecule has 17 heavy (non-hydrogen) atoms. The monoisotopic (exact) mass is 311 g/mol. The molecule has 0 atom stereocenters. The van der Waals surface area contributed by atoms with Crippen LogP contribution in [0.25, 0.3) is 10.7 Å². The van der Waals surface area contributed by atoms with Gasteiger partial charge in [-0.1, -0.05) is 13.8 Å². The molecule has 0 aliphatic carbocycles. The number of pyridine rings is 1. The van der Waals surface area contributed by atoms with Gasteiger partial charge in [0.05, 0.1) is 0 Å². The zero-order valence-electron chi connectivity index (χ0n) is 9.77. The third-order valence-corrected chi connectivity index (χ3v) is 3.84. The minimum absolute atomic E-state index is 0.488. The molecule has 0 saturated heterocycles. The average Bonchev–Trinajstić information content (AvgIpc) is 2.75. The summed E-state index contributed by atoms with van der Waals surface area (Å²) in [6.45, 7) is 5.13. The first-order valence-electron chi connectivity index (χ1n) is 5.46. The number of hydrogen-bond donors (Lipinski definition) is 1. The van der Waals surface area contributed by atoms with E-state index in [0.717, 1.165) is 21.7 Å². The summed E-state index contributed by atoms with van der Waals surface area (Å²) in [5.74, 6) is 0. The van der Waals surface area contributed by atoms with Crippen molar-refractivity contribution in [2.24, 2.45) is 0 Å². The average molecular weight is 312 g/mol. The van der Waals surface area contributed by atoms with Crippen molar-refractivity contribution in [1.29, 1.82) is 0 Å². The fourth-order valence-electron chi connectivity index (χ4n) is 1.35. The molecule has 2 aromatic heterocycles. The Kier molecular flexibility index (Phi) is 4.25. The van der Waals surface area contributed by atoms with Gasteiger partial charge >= 0.3 is 0 Å². The number of thiazole rings is 1. The van der Waals surface area contributed by atoms with Crippen molar-refractivity contribution >= 4 is 27.3 Å². The number of rotatable bonds is 4. The van der Waals surface area contributed by atoms with E-state index in [4.69, 9.17) is 0 Å². The number of hydrogen-bond acceptors (Lipinski definition) is 4. The minimum atomic E-state index is 0.488. The lowest BCUT2D eigenvalue weighted by Crippen LogP contribution is -2.21. The summed E-state index contributed by atoms with van der Waals surface area (Å²) in [7, 11) is 0. The van der Waals surface area contributed by atoms with Gasteiger partial charge in [0.15, 0.2) is 0 Å². The number of nitrogens with one attached hydrogen (secondary N) is 1. The van der Waals surface area contributed by atoms with Gasteiger partial charge in [0.1, 0.15) is 10.7 Å². The van der Waals surface area contributed by atoms with Crippen LogP contribution in [0.5, 0.6) is 0 Å². The van der Waals surface area contributed by atoms with Gasteiger partial charge < -0.3 is 5.32 Å². The molecule has 0 aromatic carbocycles. The van der Waals surface area contributed by atoms with Crippen LogP contribution >= 0.6 is 27.3 Å². The van der Waals surface area contributed by atoms with Gasteiger partial charge in [-0.15, -0.1) is 11.3 Å². The zero-order valence-corrected chi connectivity index (χ0v) is 12.2. The number of halogens is 1. The normalized spacial score (nSPS) is 11.1. The van der Waals surface area contributed by atoms with Crippen molar-refractivity contribution in [2.75, 3.05) is 0 Å². The molecule has 3 nitrogen and oxygen atoms in total. The fourth-order valence-corrected chi connectivity index (χ4v) is 2.79. The molecule has 0 bridgehead atoms. The van der Waals surface area contributed by atoms with E-state index in [0.29, 0.717) is 6.04 Å². The molecule has 2 rings (SSSR count). The molecule has 90 valence electrons. The first-order valence-corrected chi connectivity index (χ1v) is 7.06. The smallest absolute Gasteiger partial charge is 0.143 e. The van der Waals surface area contributed by atoms with E-state index in [-0.39, 0.29) is 0 Å². The van der Waals surface area contributed by atoms with E-state index in [1.807, 2.05) is 18.3 Å². The van der Waals surface area contributed by atoms with E-state index >= 15 is 0 Å². The topological polar surface area (TPSA) is 37.8 Å². The Morgan fingerprint density at radius 2 is 2.24 bits per heavy atom. The standard InChI is InChI=1S/C12H14BrN3S/c1-8(2)15-6-9-7-16-12(17-9)11-10(13)4-3-5-14-11/h3-5,7-8,15H,6H2,1-2H3. The van der Waals surface area contributed by atoms with Gasteiger partial charge in [0, 0.05) is 34.3 Å². The van der Waals surface area contributed by atoms with Crippen molar-refractivity contribution in [3.63, 3.8) is 0 Å². The lowest BCUT2D eigenvalue weighted by Gasteiger charge is -2.04. The molecule has 0 radical (unpaired) electrons. The van der Waals surface area contributed by atoms with Crippen molar-refractivity contribution < 1.29 is 0 Å². The highest BCUT2D eigenvalue weighted by molar-refractivity contribution is 9.10. The summed E-state index contributed by atoms with van der Waals surface area (Å²) in [5, 5.41) is 4.34. The molecule has 0 saturated carbocycles. The van der Waals surface area contributed by atoms with Crippen LogP contribution in [-0.4, -0.2) is 16.0 Å². The summed E-state index contributed by atoms with van der Waals surface area (Å²) in [6, 6.07) is 4.38. The van der Waals surface area contributed by atoms with Gasteiger partial charge in [-0.25, -0.2) is 4.98 Å². The minimum Gasteiger partial charge on any atom is -0.310 e. The Morgan fingerprint density at radius 1 is 1.41 bits per heavy atom. The fraction of sp³-hybridized carbons (Fsp3) is 0.333. The molecule has 0 unspecified atom stereocenters. The van der Waals surface area contributed by atoms with Crippen molar-refractivity contribution in [3.05, 3.63) is 33.9 Å². The number of aromatic nitrogens is 2. The molecule has 0 fully saturated rings. The summed E-state index contributed by atoms with van der Waals surface area (Å²) in [5.41, 5.74) is 0.910. The van der Waals surface area contributed by atoms with Gasteiger partial charge in [-0.2, -0.15) is 0 Å². The Labute approximate surface area is 113 Å². The van der Waals surface area contributed by atoms with Crippen LogP contribution in [0.15, 0.2) is 29.0 Å². The highest BCUT2D eigenvalue weighted by atomic mass is 79.9. The molecule has 1 N–H and O–H groups in total. The first-order chi connectivity index (χ1) is 8.16. The van der Waals surface area contributed by atoms with Crippen molar-refractivity contribution in [3.8, 4) is 10.7 Å². The molecule has 5 heteroatoms. The quantitative estimate of drug-likeness (QED) is 0.939. The Hall–Kier alpha value is -0.780. The lowest BCUT2D eigenvalue weighted by atomic mass is 10.4. The molecule has 0 amide bonds. The number of nitrogens with zero attached hydrogens (tertiary/aromatic N) is 2. The van der Waals surface area contributed by atoms with E-state index < -0.39 is 0 Å². The van der Waals surface area contributed by atoms with Crippen LogP contribution < -0.4 is 5.32 Å². The third kappa shape index (κ3) is 3.34. The largest absolute Gasteiger partial charge is 0.310 e. The summed E-state index contributed by atoms with van der Waals surface area (Å²) >= 11 is 5.17. The third-order valence-electron chi connectivity index (χ3n) is 2.20. The second-order valence-electron chi connectivity index (χ2n) is 4.00. The van der Waals surface area contributed by atoms with Crippen LogP contribution in [0.2, 0.25) is 0 Å². The Bertz CT molecular complexity index is 496. The van der Waals surface area contributed by atoms with E-state index in [1.165, 1.54) is 4.88 Å². The zero-order chi connectivity index (χ0) is 12.3. The van der Waals surface area contributed by atoms with Gasteiger partial charge in [0.25, 0.3) is 0 Å². The summed E-state index contributed by atoms with van der Waals surface area (Å²) in [6.07, 6.45) is 3.70. The van der Waals surface area contributed by atoms with E-state index in [2.05, 4.69) is 45.1 Å². The van der Waals surface area contributed by atoms with Crippen molar-refractivity contribution in [1.82, 2.24) is 15.3 Å². The maximum Gasteiger partial charge on any atom is 0.143 e. The van der Waals surface area contributed by atoms with Crippen LogP contribution in [0.3, 0.4) is 0 Å². The van der Waals surface area contributed by atoms with Crippen molar-refractivity contribution in [2.45, 2.75) is 26.4 Å². The molecule has 0 spiro atoms. The summed E-state index contributed by atoms with van der Waals surface area (Å²) in [4.78, 5) is 9.98. The Balaban J connectivity index is 2.16. The SMILES string of the molecule is CC(C)NCc1cnc(-c2ncccc2Br)s1. The van der Waals surface area contributed by atoms with E-state index in [9.17, 15) is 0 Å². The van der Waals surface area contributed by atoms with Crippen LogP contribution in [0.1, 0.15) is 18.7 Å². The molecular weight excluding hydrogens is 298 g/mol. The second kappa shape index (κ2) is 5.71. The lowest BCUT2D eigenvalue weighted by molar-refractivity contribution is 0.593. The van der Waals surface area contributed by atoms with Gasteiger partial charge in [-0.05, 0) is 28.1 Å². The highest BCUT2D eigenvalue weighted by Crippen LogP contribution is 2.29. The highest BCUT2D eigenvalue weighted by Gasteiger charge is 2.09. The molecule has 0 aliphatic heterocycles. The van der Waals surface area contributed by atoms with Crippen LogP contribution in [-0.2, 0) is 6.54 Å². The van der Waals surface area contributed by atoms with Crippen LogP contribution in [0, 0.1) is 0 Å². The predicted octanol–water partition coefficient (Wildman–Crippen LogP) is 3.47. The predicted molar refractivity (Wildman–Crippen MR) is 75.0 cm³/mol. The molecule has 2 heterocycles. The summed E-state index contributed by atoms with van der Waals surface area (Å²) < 4.78 is 0.984. The van der Waals surface area contributed by atoms with Crippen LogP contribution in [0.4, 0.5) is 0 Å². The van der Waals surface area contributed by atoms with E-state index in [1.54, 1.807) is 17.5 Å². The second-order valence-corrected chi connectivity index (χ2v) is 5.97. The maximum absolute atomic E-state index is 4.41. The molecule has 0 aliphatic rings. The Morgan fingerprint density at radius 3 is 2.94 bits per heavy atom. The van der Waals surface area contributed by atoms with Gasteiger partial charge in [-0.3, -0.25) is 4.98 Å². The maximum atomic E-state index is 4.41. The first kappa shape index (κ1) is 12.7. The molecule has 2 aromatic rings. The van der Waals surface area contributed by atoms with Gasteiger partial charge in [0.2, 0.25) is 0 Å².